The number of aryl methyl sites for hydroxylation is 1. The maximum atomic E-state index is 12.3. The number of rotatable bonds is 2. The molecule has 0 radical (unpaired) electrons. The Balaban J connectivity index is 2.31. The van der Waals surface area contributed by atoms with E-state index in [9.17, 15) is 4.79 Å². The lowest BCUT2D eigenvalue weighted by Crippen LogP contribution is -2.14. The number of carbonyl (C=O) groups is 1. The zero-order chi connectivity index (χ0) is 14.0. The Hall–Kier alpha value is -1.32. The van der Waals surface area contributed by atoms with Gasteiger partial charge < -0.3 is 5.32 Å². The number of anilines is 1. The van der Waals surface area contributed by atoms with E-state index in [1.165, 1.54) is 0 Å². The highest BCUT2D eigenvalue weighted by molar-refractivity contribution is 9.10. The van der Waals surface area contributed by atoms with Crippen molar-refractivity contribution in [1.82, 2.24) is 0 Å². The number of benzene rings is 2. The summed E-state index contributed by atoms with van der Waals surface area (Å²) in [6, 6.07) is 11.1. The molecule has 19 heavy (non-hydrogen) atoms. The standard InChI is InChI=1S/C15H13BrClNO/c1-9-6-7-12(16)14(8-9)18-15(19)11-4-3-5-13(17)10(11)2/h3-8H,1-2H3,(H,18,19). The van der Waals surface area contributed by atoms with Crippen LogP contribution in [-0.4, -0.2) is 5.91 Å². The third-order valence-electron chi connectivity index (χ3n) is 2.88. The van der Waals surface area contributed by atoms with E-state index < -0.39 is 0 Å². The molecular formula is C15H13BrClNO. The van der Waals surface area contributed by atoms with Gasteiger partial charge in [0.25, 0.3) is 5.91 Å². The summed E-state index contributed by atoms with van der Waals surface area (Å²) < 4.78 is 0.853. The van der Waals surface area contributed by atoms with Gasteiger partial charge in [-0.15, -0.1) is 0 Å². The summed E-state index contributed by atoms with van der Waals surface area (Å²) in [6.07, 6.45) is 0. The van der Waals surface area contributed by atoms with E-state index in [1.54, 1.807) is 18.2 Å². The molecule has 0 saturated carbocycles. The van der Waals surface area contributed by atoms with Crippen LogP contribution in [0.5, 0.6) is 0 Å². The van der Waals surface area contributed by atoms with Gasteiger partial charge in [-0.25, -0.2) is 0 Å². The highest BCUT2D eigenvalue weighted by atomic mass is 79.9. The fourth-order valence-corrected chi connectivity index (χ4v) is 2.30. The highest BCUT2D eigenvalue weighted by Crippen LogP contribution is 2.25. The molecule has 0 atom stereocenters. The second-order valence-electron chi connectivity index (χ2n) is 4.35. The van der Waals surface area contributed by atoms with Gasteiger partial charge in [-0.05, 0) is 65.2 Å². The monoisotopic (exact) mass is 337 g/mol. The van der Waals surface area contributed by atoms with Gasteiger partial charge in [0, 0.05) is 15.1 Å². The van der Waals surface area contributed by atoms with Crippen molar-refractivity contribution in [1.29, 1.82) is 0 Å². The Kier molecular flexibility index (Phi) is 4.27. The fraction of sp³-hybridized carbons (Fsp3) is 0.133. The number of hydrogen-bond acceptors (Lipinski definition) is 1. The molecule has 0 saturated heterocycles. The molecule has 2 aromatic rings. The lowest BCUT2D eigenvalue weighted by Gasteiger charge is -2.10. The minimum absolute atomic E-state index is 0.161. The Morgan fingerprint density at radius 1 is 1.21 bits per heavy atom. The third-order valence-corrected chi connectivity index (χ3v) is 3.98. The molecule has 1 N–H and O–H groups in total. The summed E-state index contributed by atoms with van der Waals surface area (Å²) in [7, 11) is 0. The fourth-order valence-electron chi connectivity index (χ4n) is 1.78. The van der Waals surface area contributed by atoms with Crippen molar-refractivity contribution >= 4 is 39.1 Å². The smallest absolute Gasteiger partial charge is 0.256 e. The third kappa shape index (κ3) is 3.17. The summed E-state index contributed by atoms with van der Waals surface area (Å²) in [4.78, 5) is 12.3. The molecular weight excluding hydrogens is 326 g/mol. The van der Waals surface area contributed by atoms with Crippen LogP contribution in [0, 0.1) is 13.8 Å². The van der Waals surface area contributed by atoms with Crippen LogP contribution in [0.4, 0.5) is 5.69 Å². The second kappa shape index (κ2) is 5.76. The van der Waals surface area contributed by atoms with E-state index in [0.717, 1.165) is 21.3 Å². The van der Waals surface area contributed by atoms with Gasteiger partial charge in [0.2, 0.25) is 0 Å². The molecule has 0 spiro atoms. The Morgan fingerprint density at radius 2 is 1.95 bits per heavy atom. The lowest BCUT2D eigenvalue weighted by molar-refractivity contribution is 0.102. The number of amides is 1. The van der Waals surface area contributed by atoms with Crippen molar-refractivity contribution in [2.45, 2.75) is 13.8 Å². The van der Waals surface area contributed by atoms with Crippen LogP contribution in [0.15, 0.2) is 40.9 Å². The van der Waals surface area contributed by atoms with Gasteiger partial charge in [0.1, 0.15) is 0 Å². The zero-order valence-electron chi connectivity index (χ0n) is 10.6. The molecule has 0 aromatic heterocycles. The maximum Gasteiger partial charge on any atom is 0.256 e. The van der Waals surface area contributed by atoms with Crippen molar-refractivity contribution in [3.05, 3.63) is 62.6 Å². The van der Waals surface area contributed by atoms with Gasteiger partial charge in [0.05, 0.1) is 5.69 Å². The van der Waals surface area contributed by atoms with E-state index in [2.05, 4.69) is 21.2 Å². The van der Waals surface area contributed by atoms with Crippen molar-refractivity contribution in [2.24, 2.45) is 0 Å². The van der Waals surface area contributed by atoms with Crippen molar-refractivity contribution in [2.75, 3.05) is 5.32 Å². The van der Waals surface area contributed by atoms with E-state index in [1.807, 2.05) is 32.0 Å². The molecule has 0 aliphatic heterocycles. The van der Waals surface area contributed by atoms with Crippen molar-refractivity contribution < 1.29 is 4.79 Å². The largest absolute Gasteiger partial charge is 0.321 e. The Labute approximate surface area is 125 Å². The quantitative estimate of drug-likeness (QED) is 0.823. The number of carbonyl (C=O) groups excluding carboxylic acids is 1. The van der Waals surface area contributed by atoms with E-state index in [4.69, 9.17) is 11.6 Å². The maximum absolute atomic E-state index is 12.3. The van der Waals surface area contributed by atoms with Crippen LogP contribution in [0.3, 0.4) is 0 Å². The van der Waals surface area contributed by atoms with E-state index in [-0.39, 0.29) is 5.91 Å². The number of halogens is 2. The second-order valence-corrected chi connectivity index (χ2v) is 5.61. The molecule has 0 heterocycles. The van der Waals surface area contributed by atoms with Crippen LogP contribution in [0.25, 0.3) is 0 Å². The predicted molar refractivity (Wildman–Crippen MR) is 83.0 cm³/mol. The summed E-state index contributed by atoms with van der Waals surface area (Å²) in [5.74, 6) is -0.161. The van der Waals surface area contributed by atoms with Crippen molar-refractivity contribution in [3.63, 3.8) is 0 Å². The molecule has 98 valence electrons. The molecule has 0 fully saturated rings. The molecule has 0 unspecified atom stereocenters. The summed E-state index contributed by atoms with van der Waals surface area (Å²) in [5.41, 5.74) is 3.21. The first-order chi connectivity index (χ1) is 8.99. The molecule has 0 aliphatic carbocycles. The normalized spacial score (nSPS) is 10.3. The first-order valence-electron chi connectivity index (χ1n) is 5.81. The minimum Gasteiger partial charge on any atom is -0.321 e. The zero-order valence-corrected chi connectivity index (χ0v) is 13.0. The molecule has 1 amide bonds. The first kappa shape index (κ1) is 14.1. The van der Waals surface area contributed by atoms with Gasteiger partial charge in [-0.2, -0.15) is 0 Å². The number of nitrogens with one attached hydrogen (secondary N) is 1. The van der Waals surface area contributed by atoms with E-state index >= 15 is 0 Å². The van der Waals surface area contributed by atoms with Gasteiger partial charge in [-0.3, -0.25) is 4.79 Å². The highest BCUT2D eigenvalue weighted by Gasteiger charge is 2.12. The van der Waals surface area contributed by atoms with Crippen LogP contribution < -0.4 is 5.32 Å². The van der Waals surface area contributed by atoms with Crippen LogP contribution >= 0.6 is 27.5 Å². The average Bonchev–Trinajstić information content (AvgIpc) is 2.37. The molecule has 0 aliphatic rings. The topological polar surface area (TPSA) is 29.1 Å². The van der Waals surface area contributed by atoms with Crippen LogP contribution in [-0.2, 0) is 0 Å². The molecule has 0 bridgehead atoms. The minimum atomic E-state index is -0.161. The van der Waals surface area contributed by atoms with E-state index in [0.29, 0.717) is 10.6 Å². The van der Waals surface area contributed by atoms with Crippen LogP contribution in [0.1, 0.15) is 21.5 Å². The number of hydrogen-bond donors (Lipinski definition) is 1. The summed E-state index contributed by atoms with van der Waals surface area (Å²) in [5, 5.41) is 3.48. The van der Waals surface area contributed by atoms with Crippen molar-refractivity contribution in [3.8, 4) is 0 Å². The predicted octanol–water partition coefficient (Wildman–Crippen LogP) is 4.97. The lowest BCUT2D eigenvalue weighted by atomic mass is 10.1. The van der Waals surface area contributed by atoms with Gasteiger partial charge >= 0.3 is 0 Å². The molecule has 2 nitrogen and oxygen atoms in total. The average molecular weight is 339 g/mol. The summed E-state index contributed by atoms with van der Waals surface area (Å²) >= 11 is 9.45. The Morgan fingerprint density at radius 3 is 2.68 bits per heavy atom. The Bertz CT molecular complexity index is 640. The summed E-state index contributed by atoms with van der Waals surface area (Å²) in [6.45, 7) is 3.81. The van der Waals surface area contributed by atoms with Crippen LogP contribution in [0.2, 0.25) is 5.02 Å². The van der Waals surface area contributed by atoms with Gasteiger partial charge in [0.15, 0.2) is 0 Å². The molecule has 2 aromatic carbocycles. The molecule has 4 heteroatoms. The SMILES string of the molecule is Cc1ccc(Br)c(NC(=O)c2cccc(Cl)c2C)c1. The molecule has 2 rings (SSSR count). The first-order valence-corrected chi connectivity index (χ1v) is 6.99. The van der Waals surface area contributed by atoms with Gasteiger partial charge in [-0.1, -0.05) is 23.7 Å².